The largest absolute Gasteiger partial charge is 0.341 e. The quantitative estimate of drug-likeness (QED) is 0.897. The van der Waals surface area contributed by atoms with E-state index in [2.05, 4.69) is 34.8 Å². The molecule has 1 N–H and O–H groups in total. The summed E-state index contributed by atoms with van der Waals surface area (Å²) in [6, 6.07) is 1.42. The van der Waals surface area contributed by atoms with Crippen molar-refractivity contribution in [3.05, 3.63) is 11.9 Å². The van der Waals surface area contributed by atoms with Crippen LogP contribution in [0.25, 0.3) is 0 Å². The lowest BCUT2D eigenvalue weighted by Gasteiger charge is -2.26. The maximum Gasteiger partial charge on any atom is 0.205 e. The van der Waals surface area contributed by atoms with Gasteiger partial charge in [0.25, 0.3) is 0 Å². The Kier molecular flexibility index (Phi) is 4.29. The second-order valence-corrected chi connectivity index (χ2v) is 6.31. The highest BCUT2D eigenvalue weighted by Crippen LogP contribution is 2.25. The molecule has 4 nitrogen and oxygen atoms in total. The van der Waals surface area contributed by atoms with Crippen molar-refractivity contribution in [2.75, 3.05) is 18.0 Å². The lowest BCUT2D eigenvalue weighted by Crippen LogP contribution is -2.36. The van der Waals surface area contributed by atoms with Gasteiger partial charge in [-0.05, 0) is 32.1 Å². The Morgan fingerprint density at radius 3 is 2.90 bits per heavy atom. The minimum Gasteiger partial charge on any atom is -0.341 e. The topological polar surface area (TPSA) is 33.1 Å². The van der Waals surface area contributed by atoms with Gasteiger partial charge >= 0.3 is 0 Å². The van der Waals surface area contributed by atoms with Gasteiger partial charge in [0.1, 0.15) is 0 Å². The first-order chi connectivity index (χ1) is 9.80. The van der Waals surface area contributed by atoms with Crippen LogP contribution in [-0.4, -0.2) is 34.7 Å². The number of rotatable bonds is 5. The summed E-state index contributed by atoms with van der Waals surface area (Å²) in [7, 11) is 0. The minimum absolute atomic E-state index is 0.670. The van der Waals surface area contributed by atoms with Gasteiger partial charge in [-0.3, -0.25) is 0 Å². The number of aromatic nitrogens is 2. The molecule has 0 amide bonds. The third-order valence-electron chi connectivity index (χ3n) is 4.73. The first-order valence-electron chi connectivity index (χ1n) is 8.37. The van der Waals surface area contributed by atoms with Crippen molar-refractivity contribution in [3.8, 4) is 0 Å². The third-order valence-corrected chi connectivity index (χ3v) is 4.73. The predicted molar refractivity (Wildman–Crippen MR) is 83.3 cm³/mol. The first kappa shape index (κ1) is 13.9. The monoisotopic (exact) mass is 276 g/mol. The molecule has 3 heterocycles. The molecular formula is C16H28N4. The van der Waals surface area contributed by atoms with E-state index in [4.69, 9.17) is 4.98 Å². The van der Waals surface area contributed by atoms with Crippen molar-refractivity contribution in [3.63, 3.8) is 0 Å². The van der Waals surface area contributed by atoms with Gasteiger partial charge in [-0.15, -0.1) is 0 Å². The second kappa shape index (κ2) is 6.17. The van der Waals surface area contributed by atoms with Gasteiger partial charge < -0.3 is 14.8 Å². The fraction of sp³-hybridized carbons (Fsp3) is 0.812. The average Bonchev–Trinajstić information content (AvgIpc) is 3.00. The number of fused-ring (bicyclic) bond motifs is 2. The van der Waals surface area contributed by atoms with Crippen LogP contribution < -0.4 is 10.2 Å². The van der Waals surface area contributed by atoms with Crippen LogP contribution in [0.1, 0.15) is 51.6 Å². The van der Waals surface area contributed by atoms with E-state index in [1.807, 2.05) is 0 Å². The van der Waals surface area contributed by atoms with Crippen molar-refractivity contribution >= 4 is 5.95 Å². The zero-order valence-electron chi connectivity index (χ0n) is 12.9. The maximum atomic E-state index is 4.89. The molecule has 2 saturated heterocycles. The fourth-order valence-corrected chi connectivity index (χ4v) is 3.50. The SMILES string of the molecule is CCCCn1cc(CC)nc1N1CCC2CCC(C1)N2. The Morgan fingerprint density at radius 2 is 2.10 bits per heavy atom. The fourth-order valence-electron chi connectivity index (χ4n) is 3.50. The Balaban J connectivity index is 1.78. The summed E-state index contributed by atoms with van der Waals surface area (Å²) < 4.78 is 2.39. The number of hydrogen-bond donors (Lipinski definition) is 1. The van der Waals surface area contributed by atoms with Gasteiger partial charge in [0.2, 0.25) is 5.95 Å². The van der Waals surface area contributed by atoms with Crippen LogP contribution in [-0.2, 0) is 13.0 Å². The summed E-state index contributed by atoms with van der Waals surface area (Å²) in [4.78, 5) is 7.41. The number of anilines is 1. The van der Waals surface area contributed by atoms with Crippen LogP contribution in [0.3, 0.4) is 0 Å². The molecule has 0 spiro atoms. The van der Waals surface area contributed by atoms with Crippen molar-refractivity contribution in [2.24, 2.45) is 0 Å². The van der Waals surface area contributed by atoms with Gasteiger partial charge in [0, 0.05) is 37.9 Å². The summed E-state index contributed by atoms with van der Waals surface area (Å²) in [5.74, 6) is 1.21. The molecule has 2 atom stereocenters. The molecule has 0 aromatic carbocycles. The van der Waals surface area contributed by atoms with Gasteiger partial charge in [-0.2, -0.15) is 0 Å². The molecule has 3 rings (SSSR count). The lowest BCUT2D eigenvalue weighted by molar-refractivity contribution is 0.563. The summed E-state index contributed by atoms with van der Waals surface area (Å²) in [5.41, 5.74) is 1.23. The lowest BCUT2D eigenvalue weighted by atomic mass is 10.1. The van der Waals surface area contributed by atoms with Crippen molar-refractivity contribution in [1.29, 1.82) is 0 Å². The van der Waals surface area contributed by atoms with Gasteiger partial charge in [-0.25, -0.2) is 4.98 Å². The molecule has 2 unspecified atom stereocenters. The van der Waals surface area contributed by atoms with Crippen LogP contribution in [0.15, 0.2) is 6.20 Å². The van der Waals surface area contributed by atoms with Crippen LogP contribution in [0.4, 0.5) is 5.95 Å². The highest BCUT2D eigenvalue weighted by atomic mass is 15.3. The number of aryl methyl sites for hydroxylation is 2. The van der Waals surface area contributed by atoms with Crippen molar-refractivity contribution in [2.45, 2.75) is 71.0 Å². The van der Waals surface area contributed by atoms with Crippen molar-refractivity contribution < 1.29 is 0 Å². The number of nitrogens with one attached hydrogen (secondary N) is 1. The molecule has 2 aliphatic rings. The number of nitrogens with zero attached hydrogens (tertiary/aromatic N) is 3. The van der Waals surface area contributed by atoms with Gasteiger partial charge in [-0.1, -0.05) is 20.3 Å². The van der Waals surface area contributed by atoms with E-state index in [1.165, 1.54) is 43.7 Å². The molecule has 1 aromatic heterocycles. The normalized spacial score (nSPS) is 26.0. The van der Waals surface area contributed by atoms with Gasteiger partial charge in [0.15, 0.2) is 0 Å². The van der Waals surface area contributed by atoms with E-state index >= 15 is 0 Å². The Morgan fingerprint density at radius 1 is 1.25 bits per heavy atom. The molecule has 2 fully saturated rings. The van der Waals surface area contributed by atoms with E-state index in [0.29, 0.717) is 6.04 Å². The Bertz CT molecular complexity index is 440. The van der Waals surface area contributed by atoms with E-state index in [9.17, 15) is 0 Å². The van der Waals surface area contributed by atoms with E-state index in [-0.39, 0.29) is 0 Å². The average molecular weight is 276 g/mol. The van der Waals surface area contributed by atoms with E-state index in [0.717, 1.165) is 32.1 Å². The standard InChI is InChI=1S/C16H28N4/c1-3-5-9-19-11-13(4-2)18-16(19)20-10-8-14-6-7-15(12-20)17-14/h11,14-15,17H,3-10,12H2,1-2H3. The summed E-state index contributed by atoms with van der Waals surface area (Å²) in [6.45, 7) is 7.84. The molecule has 4 heteroatoms. The maximum absolute atomic E-state index is 4.89. The van der Waals surface area contributed by atoms with Crippen LogP contribution in [0.5, 0.6) is 0 Å². The van der Waals surface area contributed by atoms with Crippen LogP contribution >= 0.6 is 0 Å². The van der Waals surface area contributed by atoms with Gasteiger partial charge in [0.05, 0.1) is 5.69 Å². The zero-order valence-corrected chi connectivity index (χ0v) is 12.9. The molecule has 2 bridgehead atoms. The Hall–Kier alpha value is -1.03. The number of imidazole rings is 1. The van der Waals surface area contributed by atoms with Crippen molar-refractivity contribution in [1.82, 2.24) is 14.9 Å². The highest BCUT2D eigenvalue weighted by molar-refractivity contribution is 5.35. The number of unbranched alkanes of at least 4 members (excludes halogenated alkanes) is 1. The molecule has 0 radical (unpaired) electrons. The van der Waals surface area contributed by atoms with Crippen LogP contribution in [0.2, 0.25) is 0 Å². The summed E-state index contributed by atoms with van der Waals surface area (Å²) in [6.07, 6.45) is 9.74. The Labute approximate surface area is 122 Å². The van der Waals surface area contributed by atoms with E-state index in [1.54, 1.807) is 0 Å². The van der Waals surface area contributed by atoms with E-state index < -0.39 is 0 Å². The molecule has 0 aliphatic carbocycles. The van der Waals surface area contributed by atoms with Crippen LogP contribution in [0, 0.1) is 0 Å². The predicted octanol–water partition coefficient (Wildman–Crippen LogP) is 2.58. The third kappa shape index (κ3) is 2.85. The highest BCUT2D eigenvalue weighted by Gasteiger charge is 2.30. The molecule has 1 aromatic rings. The summed E-state index contributed by atoms with van der Waals surface area (Å²) in [5, 5.41) is 3.76. The first-order valence-corrected chi connectivity index (χ1v) is 8.37. The number of hydrogen-bond acceptors (Lipinski definition) is 3. The molecule has 20 heavy (non-hydrogen) atoms. The minimum atomic E-state index is 0.670. The smallest absolute Gasteiger partial charge is 0.205 e. The molecule has 112 valence electrons. The summed E-state index contributed by atoms with van der Waals surface area (Å²) >= 11 is 0. The molecule has 0 saturated carbocycles. The molecule has 2 aliphatic heterocycles. The zero-order chi connectivity index (χ0) is 13.9. The second-order valence-electron chi connectivity index (χ2n) is 6.31. The molecular weight excluding hydrogens is 248 g/mol.